The Morgan fingerprint density at radius 2 is 1.95 bits per heavy atom. The van der Waals surface area contributed by atoms with Crippen molar-refractivity contribution in [3.8, 4) is 0 Å². The van der Waals surface area contributed by atoms with Crippen molar-refractivity contribution in [2.24, 2.45) is 12.8 Å². The van der Waals surface area contributed by atoms with E-state index in [4.69, 9.17) is 5.73 Å². The van der Waals surface area contributed by atoms with Gasteiger partial charge in [0.25, 0.3) is 0 Å². The summed E-state index contributed by atoms with van der Waals surface area (Å²) in [7, 11) is 1.96. The number of aromatic nitrogens is 2. The number of para-hydroxylation sites is 1. The predicted molar refractivity (Wildman–Crippen MR) is 82.6 cm³/mol. The highest BCUT2D eigenvalue weighted by molar-refractivity contribution is 5.82. The molecule has 0 saturated carbocycles. The summed E-state index contributed by atoms with van der Waals surface area (Å²) in [5.41, 5.74) is 10.9. The average Bonchev–Trinajstić information content (AvgIpc) is 2.84. The van der Waals surface area contributed by atoms with Gasteiger partial charge in [0.1, 0.15) is 0 Å². The molecule has 3 aromatic rings. The molecule has 1 aromatic heterocycles. The second kappa shape index (κ2) is 5.10. The van der Waals surface area contributed by atoms with Crippen molar-refractivity contribution in [1.82, 2.24) is 9.78 Å². The van der Waals surface area contributed by atoms with Gasteiger partial charge in [-0.25, -0.2) is 0 Å². The van der Waals surface area contributed by atoms with Crippen molar-refractivity contribution in [2.75, 3.05) is 0 Å². The number of rotatable bonds is 3. The molecule has 1 atom stereocenters. The Morgan fingerprint density at radius 3 is 2.75 bits per heavy atom. The topological polar surface area (TPSA) is 43.8 Å². The summed E-state index contributed by atoms with van der Waals surface area (Å²) in [6, 6.07) is 16.5. The van der Waals surface area contributed by atoms with Crippen molar-refractivity contribution in [2.45, 2.75) is 19.4 Å². The SMILES string of the molecule is CCc1cccc(C(N)c2nn(C)c3ccccc23)c1. The molecule has 0 spiro atoms. The Morgan fingerprint density at radius 1 is 1.15 bits per heavy atom. The minimum Gasteiger partial charge on any atom is -0.319 e. The molecule has 3 nitrogen and oxygen atoms in total. The number of hydrogen-bond donors (Lipinski definition) is 1. The van der Waals surface area contributed by atoms with E-state index in [1.807, 2.05) is 23.9 Å². The molecule has 0 fully saturated rings. The summed E-state index contributed by atoms with van der Waals surface area (Å²) in [6.07, 6.45) is 1.02. The first-order valence-corrected chi connectivity index (χ1v) is 6.96. The highest BCUT2D eigenvalue weighted by Crippen LogP contribution is 2.26. The molecule has 3 rings (SSSR count). The van der Waals surface area contributed by atoms with E-state index in [9.17, 15) is 0 Å². The van der Waals surface area contributed by atoms with Crippen LogP contribution >= 0.6 is 0 Å². The van der Waals surface area contributed by atoms with Gasteiger partial charge in [0.2, 0.25) is 0 Å². The van der Waals surface area contributed by atoms with Crippen molar-refractivity contribution >= 4 is 10.9 Å². The lowest BCUT2D eigenvalue weighted by Gasteiger charge is -2.11. The lowest BCUT2D eigenvalue weighted by molar-refractivity contribution is 0.731. The molecule has 3 heteroatoms. The van der Waals surface area contributed by atoms with Crippen LogP contribution in [0.3, 0.4) is 0 Å². The van der Waals surface area contributed by atoms with E-state index in [-0.39, 0.29) is 6.04 Å². The zero-order chi connectivity index (χ0) is 14.1. The predicted octanol–water partition coefficient (Wildman–Crippen LogP) is 3.18. The Kier molecular flexibility index (Phi) is 3.28. The quantitative estimate of drug-likeness (QED) is 0.790. The fourth-order valence-corrected chi connectivity index (χ4v) is 2.64. The number of hydrogen-bond acceptors (Lipinski definition) is 2. The molecule has 0 aliphatic carbocycles. The highest BCUT2D eigenvalue weighted by atomic mass is 15.3. The lowest BCUT2D eigenvalue weighted by Crippen LogP contribution is -2.13. The highest BCUT2D eigenvalue weighted by Gasteiger charge is 2.17. The van der Waals surface area contributed by atoms with Crippen LogP contribution < -0.4 is 5.73 Å². The fourth-order valence-electron chi connectivity index (χ4n) is 2.64. The maximum Gasteiger partial charge on any atom is 0.0915 e. The Balaban J connectivity index is 2.10. The van der Waals surface area contributed by atoms with Crippen LogP contribution in [0.25, 0.3) is 10.9 Å². The summed E-state index contributed by atoms with van der Waals surface area (Å²) < 4.78 is 1.90. The summed E-state index contributed by atoms with van der Waals surface area (Å²) in [6.45, 7) is 2.15. The first-order valence-electron chi connectivity index (χ1n) is 6.96. The second-order valence-corrected chi connectivity index (χ2v) is 5.10. The van der Waals surface area contributed by atoms with E-state index >= 15 is 0 Å². The summed E-state index contributed by atoms with van der Waals surface area (Å²) >= 11 is 0. The van der Waals surface area contributed by atoms with Crippen LogP contribution in [0, 0.1) is 0 Å². The molecular formula is C17H19N3. The van der Waals surface area contributed by atoms with Crippen molar-refractivity contribution in [3.05, 3.63) is 65.4 Å². The van der Waals surface area contributed by atoms with Crippen LogP contribution in [0.4, 0.5) is 0 Å². The fraction of sp³-hybridized carbons (Fsp3) is 0.235. The van der Waals surface area contributed by atoms with Crippen LogP contribution in [0.5, 0.6) is 0 Å². The number of benzene rings is 2. The molecule has 102 valence electrons. The molecule has 1 unspecified atom stereocenters. The van der Waals surface area contributed by atoms with Gasteiger partial charge in [0.05, 0.1) is 17.3 Å². The lowest BCUT2D eigenvalue weighted by atomic mass is 9.99. The first-order chi connectivity index (χ1) is 9.70. The molecule has 0 saturated heterocycles. The zero-order valence-electron chi connectivity index (χ0n) is 11.9. The molecule has 0 aliphatic heterocycles. The number of nitrogens with two attached hydrogens (primary N) is 1. The molecular weight excluding hydrogens is 246 g/mol. The zero-order valence-corrected chi connectivity index (χ0v) is 11.9. The number of nitrogens with zero attached hydrogens (tertiary/aromatic N) is 2. The molecule has 2 N–H and O–H groups in total. The second-order valence-electron chi connectivity index (χ2n) is 5.10. The van der Waals surface area contributed by atoms with E-state index < -0.39 is 0 Å². The molecule has 0 aliphatic rings. The van der Waals surface area contributed by atoms with Gasteiger partial charge in [0.15, 0.2) is 0 Å². The van der Waals surface area contributed by atoms with E-state index in [0.29, 0.717) is 0 Å². The van der Waals surface area contributed by atoms with Gasteiger partial charge >= 0.3 is 0 Å². The monoisotopic (exact) mass is 265 g/mol. The van der Waals surface area contributed by atoms with Gasteiger partial charge < -0.3 is 5.73 Å². The normalized spacial score (nSPS) is 12.8. The molecule has 0 radical (unpaired) electrons. The third-order valence-electron chi connectivity index (χ3n) is 3.80. The first kappa shape index (κ1) is 12.9. The minimum atomic E-state index is -0.187. The van der Waals surface area contributed by atoms with Crippen LogP contribution in [-0.4, -0.2) is 9.78 Å². The van der Waals surface area contributed by atoms with Crippen LogP contribution in [0.2, 0.25) is 0 Å². The van der Waals surface area contributed by atoms with Crippen molar-refractivity contribution < 1.29 is 0 Å². The average molecular weight is 265 g/mol. The maximum atomic E-state index is 6.44. The van der Waals surface area contributed by atoms with E-state index in [2.05, 4.69) is 48.4 Å². The van der Waals surface area contributed by atoms with E-state index in [0.717, 1.165) is 28.6 Å². The summed E-state index contributed by atoms with van der Waals surface area (Å²) in [5, 5.41) is 5.74. The Bertz CT molecular complexity index is 743. The molecule has 2 aromatic carbocycles. The Hall–Kier alpha value is -2.13. The molecule has 0 amide bonds. The molecule has 20 heavy (non-hydrogen) atoms. The summed E-state index contributed by atoms with van der Waals surface area (Å²) in [4.78, 5) is 0. The maximum absolute atomic E-state index is 6.44. The van der Waals surface area contributed by atoms with Crippen LogP contribution in [0.1, 0.15) is 29.8 Å². The van der Waals surface area contributed by atoms with Crippen LogP contribution in [-0.2, 0) is 13.5 Å². The van der Waals surface area contributed by atoms with Crippen LogP contribution in [0.15, 0.2) is 48.5 Å². The van der Waals surface area contributed by atoms with Gasteiger partial charge in [-0.1, -0.05) is 49.4 Å². The van der Waals surface area contributed by atoms with Crippen molar-refractivity contribution in [1.29, 1.82) is 0 Å². The number of fused-ring (bicyclic) bond motifs is 1. The number of aryl methyl sites for hydroxylation is 2. The third kappa shape index (κ3) is 2.10. The van der Waals surface area contributed by atoms with Gasteiger partial charge in [-0.2, -0.15) is 5.10 Å². The van der Waals surface area contributed by atoms with Gasteiger partial charge in [0, 0.05) is 12.4 Å². The molecule has 1 heterocycles. The molecule has 0 bridgehead atoms. The van der Waals surface area contributed by atoms with Gasteiger partial charge in [-0.05, 0) is 23.6 Å². The third-order valence-corrected chi connectivity index (χ3v) is 3.80. The summed E-state index contributed by atoms with van der Waals surface area (Å²) in [5.74, 6) is 0. The van der Waals surface area contributed by atoms with E-state index in [1.165, 1.54) is 5.56 Å². The standard InChI is InChI=1S/C17H19N3/c1-3-12-7-6-8-13(11-12)16(18)17-14-9-4-5-10-15(14)20(2)19-17/h4-11,16H,3,18H2,1-2H3. The van der Waals surface area contributed by atoms with Crippen molar-refractivity contribution in [3.63, 3.8) is 0 Å². The smallest absolute Gasteiger partial charge is 0.0915 e. The largest absolute Gasteiger partial charge is 0.319 e. The van der Waals surface area contributed by atoms with E-state index in [1.54, 1.807) is 0 Å². The van der Waals surface area contributed by atoms with Gasteiger partial charge in [-0.3, -0.25) is 4.68 Å². The minimum absolute atomic E-state index is 0.187. The Labute approximate surface area is 119 Å². The van der Waals surface area contributed by atoms with Gasteiger partial charge in [-0.15, -0.1) is 0 Å².